The molecule has 0 aromatic heterocycles. The fourth-order valence-electron chi connectivity index (χ4n) is 7.92. The average Bonchev–Trinajstić information content (AvgIpc) is 3.00. The summed E-state index contributed by atoms with van der Waals surface area (Å²) >= 11 is 0. The number of amides is 1. The zero-order chi connectivity index (χ0) is 36.5. The van der Waals surface area contributed by atoms with E-state index in [-0.39, 0.29) is 44.1 Å². The average molecular weight is 683 g/mol. The summed E-state index contributed by atoms with van der Waals surface area (Å²) in [7, 11) is 3.97. The Morgan fingerprint density at radius 3 is 2.29 bits per heavy atom. The lowest BCUT2D eigenvalue weighted by Gasteiger charge is -2.48. The minimum absolute atomic E-state index is 0.0102. The Labute approximate surface area is 285 Å². The van der Waals surface area contributed by atoms with Crippen LogP contribution < -0.4 is 0 Å². The molecule has 3 aliphatic heterocycles. The molecule has 274 valence electrons. The number of rotatable bonds is 4. The smallest absolute Gasteiger partial charge is 0.351 e. The van der Waals surface area contributed by atoms with Gasteiger partial charge in [0.2, 0.25) is 5.91 Å². The summed E-state index contributed by atoms with van der Waals surface area (Å²) in [6.45, 7) is 20.4. The van der Waals surface area contributed by atoms with Crippen molar-refractivity contribution in [3.63, 3.8) is 0 Å². The van der Waals surface area contributed by atoms with E-state index in [1.165, 1.54) is 20.8 Å². The van der Waals surface area contributed by atoms with E-state index in [4.69, 9.17) is 23.7 Å². The zero-order valence-corrected chi connectivity index (χ0v) is 31.0. The van der Waals surface area contributed by atoms with Gasteiger partial charge >= 0.3 is 5.97 Å². The van der Waals surface area contributed by atoms with Crippen LogP contribution in [0.3, 0.4) is 0 Å². The maximum absolute atomic E-state index is 16.6. The number of esters is 1. The maximum atomic E-state index is 16.6. The summed E-state index contributed by atoms with van der Waals surface area (Å²) in [6.07, 6.45) is -3.45. The molecule has 3 rings (SSSR count). The number of fused-ring (bicyclic) bond motifs is 5. The number of aliphatic hydroxyl groups is 1. The summed E-state index contributed by atoms with van der Waals surface area (Å²) < 4.78 is 48.3. The number of nitrogens with zero attached hydrogens (tertiary/aromatic N) is 2. The van der Waals surface area contributed by atoms with Crippen molar-refractivity contribution in [3.8, 4) is 0 Å². The molecule has 13 atom stereocenters. The predicted octanol–water partition coefficient (Wildman–Crippen LogP) is 4.47. The molecule has 11 nitrogen and oxygen atoms in total. The van der Waals surface area contributed by atoms with Crippen LogP contribution in [0, 0.1) is 23.7 Å². The van der Waals surface area contributed by atoms with E-state index < -0.39 is 76.9 Å². The molecule has 0 saturated carbocycles. The van der Waals surface area contributed by atoms with Crippen LogP contribution in [0.1, 0.15) is 88.5 Å². The molecule has 1 amide bonds. The number of cyclic esters (lactones) is 1. The molecule has 0 spiro atoms. The van der Waals surface area contributed by atoms with Crippen molar-refractivity contribution in [2.75, 3.05) is 27.3 Å². The van der Waals surface area contributed by atoms with Gasteiger partial charge in [-0.05, 0) is 72.5 Å². The Kier molecular flexibility index (Phi) is 13.0. The second kappa shape index (κ2) is 15.4. The second-order valence-corrected chi connectivity index (χ2v) is 15.2. The van der Waals surface area contributed by atoms with Gasteiger partial charge in [0.05, 0.1) is 37.1 Å². The van der Waals surface area contributed by atoms with Gasteiger partial charge in [-0.1, -0.05) is 41.2 Å². The number of carbonyl (C=O) groups excluding carboxylic acids is 3. The minimum Gasteiger partial charge on any atom is -0.457 e. The van der Waals surface area contributed by atoms with Crippen LogP contribution in [-0.2, 0) is 38.1 Å². The Hall–Kier alpha value is -2.09. The van der Waals surface area contributed by atoms with Gasteiger partial charge in [-0.15, -0.1) is 0 Å². The highest BCUT2D eigenvalue weighted by Crippen LogP contribution is 2.41. The van der Waals surface area contributed by atoms with Crippen molar-refractivity contribution >= 4 is 23.4 Å². The lowest BCUT2D eigenvalue weighted by atomic mass is 9.73. The summed E-state index contributed by atoms with van der Waals surface area (Å²) in [5.41, 5.74) is -5.35. The van der Waals surface area contributed by atoms with E-state index in [2.05, 4.69) is 16.5 Å². The molecule has 3 aliphatic rings. The van der Waals surface area contributed by atoms with Crippen LogP contribution in [-0.4, -0.2) is 114 Å². The lowest BCUT2D eigenvalue weighted by molar-refractivity contribution is -0.282. The topological polar surface area (TPSA) is 133 Å². The van der Waals surface area contributed by atoms with E-state index >= 15 is 4.39 Å². The van der Waals surface area contributed by atoms with Gasteiger partial charge in [-0.25, -0.2) is 14.2 Å². The first-order valence-electron chi connectivity index (χ1n) is 17.2. The molecule has 0 unspecified atom stereocenters. The van der Waals surface area contributed by atoms with E-state index in [1.807, 2.05) is 34.9 Å². The number of hydrogen-bond donors (Lipinski definition) is 1. The summed E-state index contributed by atoms with van der Waals surface area (Å²) in [5.74, 6) is -5.47. The molecule has 3 saturated heterocycles. The van der Waals surface area contributed by atoms with E-state index in [9.17, 15) is 19.5 Å². The van der Waals surface area contributed by atoms with Gasteiger partial charge in [-0.3, -0.25) is 9.59 Å². The first-order chi connectivity index (χ1) is 22.1. The van der Waals surface area contributed by atoms with E-state index in [0.29, 0.717) is 11.3 Å². The van der Waals surface area contributed by atoms with Crippen LogP contribution in [0.2, 0.25) is 0 Å². The highest BCUT2D eigenvalue weighted by Gasteiger charge is 2.56. The normalized spacial score (nSPS) is 44.9. The van der Waals surface area contributed by atoms with E-state index in [1.54, 1.807) is 20.8 Å². The van der Waals surface area contributed by atoms with Crippen LogP contribution in [0.4, 0.5) is 4.39 Å². The Balaban J connectivity index is 2.33. The number of carbonyl (C=O) groups is 3. The highest BCUT2D eigenvalue weighted by atomic mass is 19.1. The highest BCUT2D eigenvalue weighted by molar-refractivity contribution is 6.08. The number of alkyl halides is 1. The second-order valence-electron chi connectivity index (χ2n) is 15.2. The zero-order valence-electron chi connectivity index (χ0n) is 31.0. The number of hydrogen-bond acceptors (Lipinski definition) is 10. The Morgan fingerprint density at radius 2 is 1.73 bits per heavy atom. The van der Waals surface area contributed by atoms with Gasteiger partial charge in [0.1, 0.15) is 11.7 Å². The molecule has 1 N–H and O–H groups in total. The molecule has 2 bridgehead atoms. The van der Waals surface area contributed by atoms with Crippen LogP contribution in [0.15, 0.2) is 17.1 Å². The predicted molar refractivity (Wildman–Crippen MR) is 179 cm³/mol. The molecule has 0 aromatic carbocycles. The van der Waals surface area contributed by atoms with Crippen molar-refractivity contribution in [2.24, 2.45) is 28.7 Å². The molecule has 3 heterocycles. The quantitative estimate of drug-likeness (QED) is 0.257. The standard InChI is InChI=1S/C36H59FN2O9/c1-14-27-36(11,43)31-23(6)28(38-25(8)40)20(3)16-34(9,45-18-19(2)17-44-31)30(24(7)29(41)35(10,37)33(42)47-27)48-32-22(5)26(39(12)13)15-21(4)46-32/h20-24,26-27,30-32,43H,2,14-18H2,1,3-13H3/b38-28+/t20-,21-,22-,23+,24+,26+,27-,30-,31-,32+,34-,35+,36-/m1/s1. The number of ether oxygens (including phenoxy) is 5. The van der Waals surface area contributed by atoms with Crippen molar-refractivity contribution in [1.29, 1.82) is 0 Å². The van der Waals surface area contributed by atoms with Crippen molar-refractivity contribution in [2.45, 2.75) is 142 Å². The molecule has 0 aliphatic carbocycles. The number of ketones is 1. The molecule has 48 heavy (non-hydrogen) atoms. The summed E-state index contributed by atoms with van der Waals surface area (Å²) in [5, 5.41) is 12.0. The number of halogens is 1. The van der Waals surface area contributed by atoms with Crippen molar-refractivity contribution < 1.29 is 47.6 Å². The largest absolute Gasteiger partial charge is 0.457 e. The minimum atomic E-state index is -3.09. The lowest BCUT2D eigenvalue weighted by Crippen LogP contribution is -2.60. The maximum Gasteiger partial charge on any atom is 0.351 e. The molecular weight excluding hydrogens is 623 g/mol. The monoisotopic (exact) mass is 682 g/mol. The SMILES string of the molecule is C=C1CO[C@@H]2[C@@H](C)/C(=N/C(C)=O)[C@H](C)C[C@@](C)(OC1)[C@H](O[C@@H]1O[C@H](C)C[C@H](N(C)C)[C@H]1C)[C@@H](C)C(=O)[C@](C)(F)C(=O)O[C@H](CC)[C@@]2(C)O. The van der Waals surface area contributed by atoms with E-state index in [0.717, 1.165) is 13.3 Å². The first-order valence-corrected chi connectivity index (χ1v) is 17.2. The van der Waals surface area contributed by atoms with Crippen LogP contribution >= 0.6 is 0 Å². The van der Waals surface area contributed by atoms with Gasteiger partial charge in [0.25, 0.3) is 5.67 Å². The fourth-order valence-corrected chi connectivity index (χ4v) is 7.92. The van der Waals surface area contributed by atoms with Gasteiger partial charge < -0.3 is 33.7 Å². The Bertz CT molecular complexity index is 1240. The molecule has 3 fully saturated rings. The summed E-state index contributed by atoms with van der Waals surface area (Å²) in [6, 6.07) is 0.0904. The van der Waals surface area contributed by atoms with Gasteiger partial charge in [-0.2, -0.15) is 0 Å². The van der Waals surface area contributed by atoms with Gasteiger partial charge in [0, 0.05) is 36.4 Å². The molecule has 0 aromatic rings. The van der Waals surface area contributed by atoms with Crippen molar-refractivity contribution in [1.82, 2.24) is 4.90 Å². The summed E-state index contributed by atoms with van der Waals surface area (Å²) in [4.78, 5) is 46.9. The fraction of sp³-hybridized carbons (Fsp3) is 0.833. The number of aliphatic imine (C=N–C) groups is 1. The number of Topliss-reactive ketones (excluding diaryl/α,β-unsaturated/α-hetero) is 1. The molecule has 12 heteroatoms. The molecule has 0 radical (unpaired) electrons. The van der Waals surface area contributed by atoms with Crippen molar-refractivity contribution in [3.05, 3.63) is 12.2 Å². The molecular formula is C36H59FN2O9. The Morgan fingerprint density at radius 1 is 1.10 bits per heavy atom. The first kappa shape index (κ1) is 40.3. The third kappa shape index (κ3) is 8.43. The van der Waals surface area contributed by atoms with Gasteiger partial charge in [0.15, 0.2) is 12.1 Å². The third-order valence-corrected chi connectivity index (χ3v) is 10.6. The van der Waals surface area contributed by atoms with Crippen LogP contribution in [0.5, 0.6) is 0 Å². The third-order valence-electron chi connectivity index (χ3n) is 10.6. The van der Waals surface area contributed by atoms with Crippen LogP contribution in [0.25, 0.3) is 0 Å².